The Balaban J connectivity index is 1.97. The molecule has 8 nitrogen and oxygen atoms in total. The average molecular weight is 512 g/mol. The molecule has 0 saturated carbocycles. The number of hydrogen-bond donors (Lipinski definition) is 0. The lowest BCUT2D eigenvalue weighted by Crippen LogP contribution is -2.40. The Morgan fingerprint density at radius 2 is 1.39 bits per heavy atom. The molecule has 0 amide bonds. The number of hydrogen-bond acceptors (Lipinski definition) is 7. The zero-order chi connectivity index (χ0) is 26.1. The van der Waals surface area contributed by atoms with Crippen molar-refractivity contribution >= 4 is 10.0 Å². The largest absolute Gasteiger partial charge is 0.497 e. The summed E-state index contributed by atoms with van der Waals surface area (Å²) in [6.07, 6.45) is 4.01. The molecule has 36 heavy (non-hydrogen) atoms. The van der Waals surface area contributed by atoms with Crippen LogP contribution in [0.3, 0.4) is 0 Å². The average Bonchev–Trinajstić information content (AvgIpc) is 2.90. The molecule has 1 aromatic heterocycles. The minimum Gasteiger partial charge on any atom is -0.497 e. The molecule has 0 aliphatic heterocycles. The molecule has 0 aliphatic carbocycles. The van der Waals surface area contributed by atoms with Gasteiger partial charge in [-0.05, 0) is 54.8 Å². The second-order valence-corrected chi connectivity index (χ2v) is 10.7. The van der Waals surface area contributed by atoms with Crippen molar-refractivity contribution in [3.8, 4) is 11.5 Å². The first-order chi connectivity index (χ1) is 17.3. The molecule has 2 atom stereocenters. The molecule has 0 fully saturated rings. The molecule has 2 aromatic carbocycles. The van der Waals surface area contributed by atoms with Crippen LogP contribution in [-0.4, -0.2) is 48.8 Å². The Bertz CT molecular complexity index is 1160. The van der Waals surface area contributed by atoms with Crippen LogP contribution in [-0.2, 0) is 27.8 Å². The van der Waals surface area contributed by atoms with Crippen LogP contribution < -0.4 is 9.47 Å². The van der Waals surface area contributed by atoms with Gasteiger partial charge >= 0.3 is 0 Å². The van der Waals surface area contributed by atoms with Crippen molar-refractivity contribution in [2.75, 3.05) is 20.8 Å². The highest BCUT2D eigenvalue weighted by Gasteiger charge is 2.37. The molecule has 3 aromatic rings. The summed E-state index contributed by atoms with van der Waals surface area (Å²) in [5.41, 5.74) is 2.53. The molecule has 192 valence electrons. The van der Waals surface area contributed by atoms with Gasteiger partial charge in [0.05, 0.1) is 20.8 Å². The quantitative estimate of drug-likeness (QED) is 0.313. The van der Waals surface area contributed by atoms with E-state index in [0.717, 1.165) is 16.7 Å². The zero-order valence-electron chi connectivity index (χ0n) is 21.1. The summed E-state index contributed by atoms with van der Waals surface area (Å²) in [6, 6.07) is 14.7. The number of aryl methyl sites for hydroxylation is 1. The Kier molecular flexibility index (Phi) is 9.58. The molecule has 3 rings (SSSR count). The summed E-state index contributed by atoms with van der Waals surface area (Å²) in [6.45, 7) is 7.70. The van der Waals surface area contributed by atoms with Gasteiger partial charge in [-0.25, -0.2) is 18.4 Å². The topological polar surface area (TPSA) is 90.9 Å². The first-order valence-corrected chi connectivity index (χ1v) is 13.0. The van der Waals surface area contributed by atoms with E-state index in [0.29, 0.717) is 17.3 Å². The van der Waals surface area contributed by atoms with E-state index in [1.807, 2.05) is 55.5 Å². The van der Waals surface area contributed by atoms with Gasteiger partial charge in [0.25, 0.3) is 0 Å². The smallest absolute Gasteiger partial charge is 0.220 e. The lowest BCUT2D eigenvalue weighted by atomic mass is 10.2. The van der Waals surface area contributed by atoms with Crippen LogP contribution in [0.4, 0.5) is 0 Å². The van der Waals surface area contributed by atoms with Crippen molar-refractivity contribution in [1.82, 2.24) is 14.3 Å². The van der Waals surface area contributed by atoms with Crippen LogP contribution in [0.25, 0.3) is 0 Å². The number of methoxy groups -OCH3 is 2. The molecule has 9 heteroatoms. The third-order valence-corrected chi connectivity index (χ3v) is 7.91. The van der Waals surface area contributed by atoms with Gasteiger partial charge in [-0.2, -0.15) is 4.31 Å². The summed E-state index contributed by atoms with van der Waals surface area (Å²) < 4.78 is 45.9. The second-order valence-electron chi connectivity index (χ2n) is 8.38. The van der Waals surface area contributed by atoms with E-state index in [9.17, 15) is 8.42 Å². The normalized spacial score (nSPS) is 13.2. The fraction of sp³-hybridized carbons (Fsp3) is 0.333. The Labute approximate surface area is 213 Å². The molecule has 0 bridgehead atoms. The van der Waals surface area contributed by atoms with Crippen molar-refractivity contribution in [2.24, 2.45) is 0 Å². The second kappa shape index (κ2) is 12.6. The van der Waals surface area contributed by atoms with Crippen molar-refractivity contribution < 1.29 is 22.6 Å². The number of ether oxygens (including phenoxy) is 3. The van der Waals surface area contributed by atoms with E-state index < -0.39 is 21.4 Å². The van der Waals surface area contributed by atoms with Gasteiger partial charge in [0, 0.05) is 25.5 Å². The fourth-order valence-electron chi connectivity index (χ4n) is 3.64. The minimum absolute atomic E-state index is 0.165. The summed E-state index contributed by atoms with van der Waals surface area (Å²) >= 11 is 0. The lowest BCUT2D eigenvalue weighted by molar-refractivity contribution is 0.0654. The molecular formula is C27H33N3O5S. The minimum atomic E-state index is -3.89. The first-order valence-electron chi connectivity index (χ1n) is 11.5. The van der Waals surface area contributed by atoms with Gasteiger partial charge < -0.3 is 14.2 Å². The van der Waals surface area contributed by atoms with E-state index >= 15 is 0 Å². The van der Waals surface area contributed by atoms with Gasteiger partial charge in [0.15, 0.2) is 5.82 Å². The predicted octanol–water partition coefficient (Wildman–Crippen LogP) is 4.47. The van der Waals surface area contributed by atoms with Gasteiger partial charge in [0.2, 0.25) is 10.0 Å². The monoisotopic (exact) mass is 511 g/mol. The SMILES string of the molecule is C=CCOC(c1ncc(C)cn1)C(C)S(=O)(=O)N(Cc1ccc(OC)cc1)Cc1ccc(OC)cc1. The van der Waals surface area contributed by atoms with Gasteiger partial charge in [-0.3, -0.25) is 0 Å². The molecule has 0 radical (unpaired) electrons. The standard InChI is InChI=1S/C27H33N3O5S/c1-6-15-35-26(27-28-16-20(2)17-29-27)21(3)36(31,32)30(18-22-7-11-24(33-4)12-8-22)19-23-9-13-25(34-5)14-10-23/h6-14,16-17,21,26H,1,15,18-19H2,2-5H3. The Morgan fingerprint density at radius 1 is 0.917 bits per heavy atom. The molecular weight excluding hydrogens is 478 g/mol. The van der Waals surface area contributed by atoms with Gasteiger partial charge in [0.1, 0.15) is 22.9 Å². The molecule has 0 N–H and O–H groups in total. The maximum Gasteiger partial charge on any atom is 0.220 e. The van der Waals surface area contributed by atoms with Crippen molar-refractivity contribution in [3.63, 3.8) is 0 Å². The highest BCUT2D eigenvalue weighted by molar-refractivity contribution is 7.89. The van der Waals surface area contributed by atoms with Crippen LogP contribution >= 0.6 is 0 Å². The van der Waals surface area contributed by atoms with Crippen LogP contribution in [0.1, 0.15) is 35.5 Å². The van der Waals surface area contributed by atoms with Crippen LogP contribution in [0, 0.1) is 6.92 Å². The van der Waals surface area contributed by atoms with E-state index in [-0.39, 0.29) is 19.7 Å². The maximum atomic E-state index is 14.0. The number of benzene rings is 2. The van der Waals surface area contributed by atoms with E-state index in [2.05, 4.69) is 16.5 Å². The van der Waals surface area contributed by atoms with Crippen LogP contribution in [0.15, 0.2) is 73.6 Å². The van der Waals surface area contributed by atoms with Crippen molar-refractivity contribution in [2.45, 2.75) is 38.3 Å². The first kappa shape index (κ1) is 27.3. The highest BCUT2D eigenvalue weighted by Crippen LogP contribution is 2.29. The number of rotatable bonds is 13. The molecule has 2 unspecified atom stereocenters. The zero-order valence-corrected chi connectivity index (χ0v) is 21.9. The maximum absolute atomic E-state index is 14.0. The number of nitrogens with zero attached hydrogens (tertiary/aromatic N) is 3. The van der Waals surface area contributed by atoms with Gasteiger partial charge in [-0.15, -0.1) is 6.58 Å². The van der Waals surface area contributed by atoms with E-state index in [1.54, 1.807) is 39.6 Å². The van der Waals surface area contributed by atoms with Crippen LogP contribution in [0.2, 0.25) is 0 Å². The van der Waals surface area contributed by atoms with Crippen molar-refractivity contribution in [3.05, 3.63) is 96.1 Å². The van der Waals surface area contributed by atoms with Crippen molar-refractivity contribution in [1.29, 1.82) is 0 Å². The van der Waals surface area contributed by atoms with E-state index in [1.165, 1.54) is 4.31 Å². The van der Waals surface area contributed by atoms with Crippen LogP contribution in [0.5, 0.6) is 11.5 Å². The molecule has 0 saturated heterocycles. The summed E-state index contributed by atoms with van der Waals surface area (Å²) in [4.78, 5) is 8.70. The van der Waals surface area contributed by atoms with Gasteiger partial charge in [-0.1, -0.05) is 30.3 Å². The fourth-order valence-corrected chi connectivity index (χ4v) is 5.28. The lowest BCUT2D eigenvalue weighted by Gasteiger charge is -2.30. The summed E-state index contributed by atoms with van der Waals surface area (Å²) in [5, 5.41) is -0.961. The molecule has 0 aliphatic rings. The van der Waals surface area contributed by atoms with E-state index in [4.69, 9.17) is 14.2 Å². The summed E-state index contributed by atoms with van der Waals surface area (Å²) in [5.74, 6) is 1.71. The highest BCUT2D eigenvalue weighted by atomic mass is 32.2. The molecule has 1 heterocycles. The summed E-state index contributed by atoms with van der Waals surface area (Å²) in [7, 11) is -0.703. The third-order valence-electron chi connectivity index (χ3n) is 5.74. The predicted molar refractivity (Wildman–Crippen MR) is 139 cm³/mol. The Hall–Kier alpha value is -3.27. The number of aromatic nitrogens is 2. The third kappa shape index (κ3) is 6.90. The molecule has 0 spiro atoms. The number of sulfonamides is 1. The Morgan fingerprint density at radius 3 is 1.81 bits per heavy atom.